The van der Waals surface area contributed by atoms with Crippen LogP contribution in [0.1, 0.15) is 12.5 Å². The van der Waals surface area contributed by atoms with Crippen molar-refractivity contribution < 1.29 is 9.90 Å². The van der Waals surface area contributed by atoms with Crippen LogP contribution >= 0.6 is 27.7 Å². The Hall–Kier alpha value is -0.480. The van der Waals surface area contributed by atoms with E-state index in [1.807, 2.05) is 24.3 Å². The van der Waals surface area contributed by atoms with E-state index in [1.54, 1.807) is 18.7 Å². The van der Waals surface area contributed by atoms with Crippen molar-refractivity contribution in [2.24, 2.45) is 5.92 Å². The molecule has 0 fully saturated rings. The Morgan fingerprint density at radius 3 is 2.60 bits per heavy atom. The third-order valence-corrected chi connectivity index (χ3v) is 3.77. The average Bonchev–Trinajstić information content (AvgIpc) is 2.20. The molecule has 1 rings (SSSR count). The predicted molar refractivity (Wildman–Crippen MR) is 67.1 cm³/mol. The topological polar surface area (TPSA) is 37.3 Å². The molecule has 0 saturated heterocycles. The molecular weight excluding hydrogens is 276 g/mol. The lowest BCUT2D eigenvalue weighted by atomic mass is 10.2. The zero-order valence-corrected chi connectivity index (χ0v) is 10.8. The van der Waals surface area contributed by atoms with Crippen molar-refractivity contribution in [3.05, 3.63) is 34.3 Å². The van der Waals surface area contributed by atoms with Crippen molar-refractivity contribution in [1.82, 2.24) is 0 Å². The van der Waals surface area contributed by atoms with Crippen LogP contribution in [0.15, 0.2) is 28.7 Å². The fourth-order valence-electron chi connectivity index (χ4n) is 1.01. The molecule has 15 heavy (non-hydrogen) atoms. The van der Waals surface area contributed by atoms with Gasteiger partial charge in [0.25, 0.3) is 0 Å². The van der Waals surface area contributed by atoms with Gasteiger partial charge in [-0.2, -0.15) is 11.8 Å². The van der Waals surface area contributed by atoms with Crippen molar-refractivity contribution in [1.29, 1.82) is 0 Å². The molecule has 0 spiro atoms. The van der Waals surface area contributed by atoms with E-state index in [9.17, 15) is 4.79 Å². The highest BCUT2D eigenvalue weighted by Crippen LogP contribution is 2.17. The zero-order chi connectivity index (χ0) is 11.3. The summed E-state index contributed by atoms with van der Waals surface area (Å²) in [5.41, 5.74) is 1.22. The second-order valence-electron chi connectivity index (χ2n) is 3.38. The Morgan fingerprint density at radius 2 is 2.07 bits per heavy atom. The summed E-state index contributed by atoms with van der Waals surface area (Å²) in [6.07, 6.45) is 0. The van der Waals surface area contributed by atoms with Gasteiger partial charge in [0.2, 0.25) is 0 Å². The number of hydrogen-bond acceptors (Lipinski definition) is 2. The van der Waals surface area contributed by atoms with Crippen LogP contribution in [0.3, 0.4) is 0 Å². The average molecular weight is 289 g/mol. The van der Waals surface area contributed by atoms with Crippen molar-refractivity contribution in [2.45, 2.75) is 12.7 Å². The van der Waals surface area contributed by atoms with Crippen LogP contribution in [0.25, 0.3) is 0 Å². The summed E-state index contributed by atoms with van der Waals surface area (Å²) >= 11 is 5.02. The number of carboxylic acid groups (broad SMARTS) is 1. The van der Waals surface area contributed by atoms with Gasteiger partial charge in [-0.3, -0.25) is 4.79 Å². The number of aliphatic carboxylic acids is 1. The Kier molecular flexibility index (Phi) is 5.19. The molecule has 0 radical (unpaired) electrons. The molecule has 0 heterocycles. The van der Waals surface area contributed by atoms with Gasteiger partial charge < -0.3 is 5.11 Å². The van der Waals surface area contributed by atoms with Crippen LogP contribution in [0, 0.1) is 5.92 Å². The summed E-state index contributed by atoms with van der Waals surface area (Å²) in [5.74, 6) is 0.528. The van der Waals surface area contributed by atoms with E-state index in [1.165, 1.54) is 5.56 Å². The fourth-order valence-corrected chi connectivity index (χ4v) is 2.31. The van der Waals surface area contributed by atoms with E-state index in [4.69, 9.17) is 5.11 Å². The molecule has 0 aliphatic rings. The largest absolute Gasteiger partial charge is 0.481 e. The molecule has 0 bridgehead atoms. The Bertz CT molecular complexity index is 324. The first-order valence-electron chi connectivity index (χ1n) is 4.64. The Morgan fingerprint density at radius 1 is 1.47 bits per heavy atom. The first-order chi connectivity index (χ1) is 7.09. The van der Waals surface area contributed by atoms with Gasteiger partial charge in [0.15, 0.2) is 0 Å². The highest BCUT2D eigenvalue weighted by molar-refractivity contribution is 9.10. The van der Waals surface area contributed by atoms with E-state index >= 15 is 0 Å². The van der Waals surface area contributed by atoms with Gasteiger partial charge in [-0.1, -0.05) is 35.0 Å². The SMILES string of the molecule is CC(CSCc1ccc(Br)cc1)C(=O)O. The van der Waals surface area contributed by atoms with Gasteiger partial charge >= 0.3 is 5.97 Å². The number of carboxylic acids is 1. The summed E-state index contributed by atoms with van der Waals surface area (Å²) in [6.45, 7) is 1.73. The third-order valence-electron chi connectivity index (χ3n) is 1.97. The second-order valence-corrected chi connectivity index (χ2v) is 5.33. The molecule has 0 aromatic heterocycles. The molecular formula is C11H13BrO2S. The smallest absolute Gasteiger partial charge is 0.307 e. The van der Waals surface area contributed by atoms with E-state index in [0.717, 1.165) is 10.2 Å². The predicted octanol–water partition coefficient (Wildman–Crippen LogP) is 3.40. The van der Waals surface area contributed by atoms with Gasteiger partial charge in [0.1, 0.15) is 0 Å². The molecule has 1 unspecified atom stereocenters. The first-order valence-corrected chi connectivity index (χ1v) is 6.59. The lowest BCUT2D eigenvalue weighted by Gasteiger charge is -2.05. The summed E-state index contributed by atoms with van der Waals surface area (Å²) < 4.78 is 1.06. The summed E-state index contributed by atoms with van der Waals surface area (Å²) in [7, 11) is 0. The monoisotopic (exact) mass is 288 g/mol. The fraction of sp³-hybridized carbons (Fsp3) is 0.364. The minimum Gasteiger partial charge on any atom is -0.481 e. The van der Waals surface area contributed by atoms with Gasteiger partial charge in [0.05, 0.1) is 5.92 Å². The minimum atomic E-state index is -0.724. The molecule has 1 aromatic carbocycles. The summed E-state index contributed by atoms with van der Waals surface area (Å²) in [6, 6.07) is 8.08. The number of thioether (sulfide) groups is 1. The van der Waals surface area contributed by atoms with Crippen LogP contribution in [0.5, 0.6) is 0 Å². The molecule has 1 atom stereocenters. The molecule has 0 saturated carbocycles. The molecule has 0 aliphatic carbocycles. The number of halogens is 1. The van der Waals surface area contributed by atoms with Crippen LogP contribution in [0.2, 0.25) is 0 Å². The standard InChI is InChI=1S/C11H13BrO2S/c1-8(11(13)14)6-15-7-9-2-4-10(12)5-3-9/h2-5,8H,6-7H2,1H3,(H,13,14). The lowest BCUT2D eigenvalue weighted by molar-refractivity contribution is -0.140. The van der Waals surface area contributed by atoms with Crippen molar-refractivity contribution in [3.8, 4) is 0 Å². The molecule has 82 valence electrons. The van der Waals surface area contributed by atoms with Crippen LogP contribution < -0.4 is 0 Å². The van der Waals surface area contributed by atoms with E-state index < -0.39 is 5.97 Å². The van der Waals surface area contributed by atoms with Gasteiger partial charge in [0, 0.05) is 16.0 Å². The van der Waals surface area contributed by atoms with Crippen LogP contribution in [0.4, 0.5) is 0 Å². The van der Waals surface area contributed by atoms with Gasteiger partial charge in [-0.05, 0) is 17.7 Å². The van der Waals surface area contributed by atoms with Gasteiger partial charge in [-0.25, -0.2) is 0 Å². The quantitative estimate of drug-likeness (QED) is 0.902. The van der Waals surface area contributed by atoms with E-state index in [2.05, 4.69) is 15.9 Å². The zero-order valence-electron chi connectivity index (χ0n) is 8.44. The Balaban J connectivity index is 2.32. The lowest BCUT2D eigenvalue weighted by Crippen LogP contribution is -2.11. The van der Waals surface area contributed by atoms with Crippen LogP contribution in [-0.4, -0.2) is 16.8 Å². The number of benzene rings is 1. The maximum Gasteiger partial charge on any atom is 0.307 e. The van der Waals surface area contributed by atoms with E-state index in [0.29, 0.717) is 5.75 Å². The molecule has 0 amide bonds. The van der Waals surface area contributed by atoms with Gasteiger partial charge in [-0.15, -0.1) is 0 Å². The molecule has 4 heteroatoms. The summed E-state index contributed by atoms with van der Waals surface area (Å²) in [5, 5.41) is 8.70. The normalized spacial score (nSPS) is 12.4. The molecule has 1 aromatic rings. The highest BCUT2D eigenvalue weighted by Gasteiger charge is 2.09. The molecule has 0 aliphatic heterocycles. The summed E-state index contributed by atoms with van der Waals surface area (Å²) in [4.78, 5) is 10.6. The van der Waals surface area contributed by atoms with Crippen molar-refractivity contribution in [3.63, 3.8) is 0 Å². The van der Waals surface area contributed by atoms with E-state index in [-0.39, 0.29) is 5.92 Å². The number of rotatable bonds is 5. The van der Waals surface area contributed by atoms with Crippen molar-refractivity contribution >= 4 is 33.7 Å². The minimum absolute atomic E-state index is 0.273. The first kappa shape index (κ1) is 12.6. The maximum absolute atomic E-state index is 10.6. The molecule has 2 nitrogen and oxygen atoms in total. The van der Waals surface area contributed by atoms with Crippen LogP contribution in [-0.2, 0) is 10.5 Å². The maximum atomic E-state index is 10.6. The number of carbonyl (C=O) groups is 1. The molecule has 1 N–H and O–H groups in total. The van der Waals surface area contributed by atoms with Crippen molar-refractivity contribution in [2.75, 3.05) is 5.75 Å². The Labute approximate surface area is 102 Å². The highest BCUT2D eigenvalue weighted by atomic mass is 79.9. The third kappa shape index (κ3) is 4.71. The number of hydrogen-bond donors (Lipinski definition) is 1. The second kappa shape index (κ2) is 6.18.